The Labute approximate surface area is 171 Å². The van der Waals surface area contributed by atoms with Gasteiger partial charge in [-0.05, 0) is 48.4 Å². The Morgan fingerprint density at radius 3 is 2.13 bits per heavy atom. The van der Waals surface area contributed by atoms with Gasteiger partial charge in [0, 0.05) is 6.54 Å². The number of sulfonamides is 1. The molecule has 0 aromatic heterocycles. The Kier molecular flexibility index (Phi) is 7.45. The van der Waals surface area contributed by atoms with Crippen LogP contribution < -0.4 is 5.48 Å². The molecule has 1 atom stereocenters. The molecule has 1 amide bonds. The number of nitrogens with zero attached hydrogens (tertiary/aromatic N) is 1. The van der Waals surface area contributed by atoms with Gasteiger partial charge in [0.2, 0.25) is 10.0 Å². The van der Waals surface area contributed by atoms with Crippen LogP contribution in [0.2, 0.25) is 0 Å². The van der Waals surface area contributed by atoms with Crippen molar-refractivity contribution in [2.75, 3.05) is 0 Å². The number of halogens is 3. The molecule has 0 fully saturated rings. The predicted molar refractivity (Wildman–Crippen MR) is 101 cm³/mol. The van der Waals surface area contributed by atoms with E-state index in [2.05, 4.69) is 0 Å². The average Bonchev–Trinajstić information content (AvgIpc) is 2.70. The van der Waals surface area contributed by atoms with Crippen LogP contribution >= 0.6 is 0 Å². The predicted octanol–water partition coefficient (Wildman–Crippen LogP) is 3.28. The van der Waals surface area contributed by atoms with Crippen molar-refractivity contribution in [1.29, 1.82) is 0 Å². The standard InChI is InChI=1S/C19H21F3N2O5S/c1-2-3-17(18(26)23-27)24(30(28,29)16-10-8-15(25)9-11-16)12-13-4-6-14(7-5-13)19(20,21)22/h4-11,17,25,27H,2-3,12H2,1H3,(H,23,26)/t17-/m1/s1. The van der Waals surface area contributed by atoms with E-state index in [-0.39, 0.29) is 22.6 Å². The number of amides is 1. The summed E-state index contributed by atoms with van der Waals surface area (Å²) in [5.41, 5.74) is 0.772. The lowest BCUT2D eigenvalue weighted by Crippen LogP contribution is -2.48. The maximum Gasteiger partial charge on any atom is 0.416 e. The Balaban J connectivity index is 2.50. The highest BCUT2D eigenvalue weighted by Gasteiger charge is 2.36. The monoisotopic (exact) mass is 446 g/mol. The summed E-state index contributed by atoms with van der Waals surface area (Å²) < 4.78 is 65.6. The third-order valence-electron chi connectivity index (χ3n) is 4.39. The summed E-state index contributed by atoms with van der Waals surface area (Å²) in [6.07, 6.45) is -4.09. The number of hydroxylamine groups is 1. The van der Waals surface area contributed by atoms with Crippen molar-refractivity contribution >= 4 is 15.9 Å². The molecule has 0 heterocycles. The summed E-state index contributed by atoms with van der Waals surface area (Å²) in [6.45, 7) is 1.31. The normalized spacial score (nSPS) is 13.3. The molecule has 0 saturated heterocycles. The number of phenolic OH excluding ortho intramolecular Hbond substituents is 1. The van der Waals surface area contributed by atoms with Gasteiger partial charge in [0.15, 0.2) is 0 Å². The zero-order chi connectivity index (χ0) is 22.5. The Hall–Kier alpha value is -2.63. The zero-order valence-electron chi connectivity index (χ0n) is 15.9. The van der Waals surface area contributed by atoms with Crippen molar-refractivity contribution < 1.29 is 36.7 Å². The second kappa shape index (κ2) is 9.45. The molecular weight excluding hydrogens is 425 g/mol. The van der Waals surface area contributed by atoms with E-state index in [4.69, 9.17) is 5.21 Å². The van der Waals surface area contributed by atoms with Gasteiger partial charge >= 0.3 is 6.18 Å². The van der Waals surface area contributed by atoms with Gasteiger partial charge in [0.05, 0.1) is 10.5 Å². The first kappa shape index (κ1) is 23.6. The van der Waals surface area contributed by atoms with Gasteiger partial charge in [-0.25, -0.2) is 13.9 Å². The smallest absolute Gasteiger partial charge is 0.416 e. The molecule has 0 unspecified atom stereocenters. The molecule has 2 aromatic rings. The Bertz CT molecular complexity index is 961. The molecule has 7 nitrogen and oxygen atoms in total. The number of aromatic hydroxyl groups is 1. The summed E-state index contributed by atoms with van der Waals surface area (Å²) >= 11 is 0. The number of carbonyl (C=O) groups excluding carboxylic acids is 1. The second-order valence-electron chi connectivity index (χ2n) is 6.52. The van der Waals surface area contributed by atoms with Crippen LogP contribution in [0.3, 0.4) is 0 Å². The quantitative estimate of drug-likeness (QED) is 0.426. The number of carbonyl (C=O) groups is 1. The fourth-order valence-electron chi connectivity index (χ4n) is 2.85. The number of phenols is 1. The minimum Gasteiger partial charge on any atom is -0.508 e. The molecule has 164 valence electrons. The largest absolute Gasteiger partial charge is 0.508 e. The van der Waals surface area contributed by atoms with Crippen LogP contribution in [0.1, 0.15) is 30.9 Å². The lowest BCUT2D eigenvalue weighted by Gasteiger charge is -2.29. The average molecular weight is 446 g/mol. The minimum absolute atomic E-state index is 0.0599. The number of alkyl halides is 3. The van der Waals surface area contributed by atoms with Crippen molar-refractivity contribution in [3.8, 4) is 5.75 Å². The summed E-state index contributed by atoms with van der Waals surface area (Å²) in [5, 5.41) is 18.5. The van der Waals surface area contributed by atoms with Crippen LogP contribution in [0.4, 0.5) is 13.2 Å². The summed E-state index contributed by atoms with van der Waals surface area (Å²) in [6, 6.07) is 7.19. The van der Waals surface area contributed by atoms with E-state index in [0.29, 0.717) is 6.42 Å². The van der Waals surface area contributed by atoms with Crippen LogP contribution in [-0.4, -0.2) is 35.0 Å². The van der Waals surface area contributed by atoms with Gasteiger partial charge in [-0.3, -0.25) is 10.0 Å². The van der Waals surface area contributed by atoms with Crippen molar-refractivity contribution in [1.82, 2.24) is 9.79 Å². The number of hydrogen-bond donors (Lipinski definition) is 3. The number of benzene rings is 2. The van der Waals surface area contributed by atoms with Gasteiger partial charge in [-0.1, -0.05) is 25.5 Å². The van der Waals surface area contributed by atoms with E-state index in [1.165, 1.54) is 5.48 Å². The Morgan fingerprint density at radius 2 is 1.67 bits per heavy atom. The van der Waals surface area contributed by atoms with Crippen molar-refractivity contribution in [3.63, 3.8) is 0 Å². The molecule has 30 heavy (non-hydrogen) atoms. The molecule has 0 saturated carbocycles. The van der Waals surface area contributed by atoms with Crippen molar-refractivity contribution in [3.05, 3.63) is 59.7 Å². The summed E-state index contributed by atoms with van der Waals surface area (Å²) in [4.78, 5) is 12.0. The molecular formula is C19H21F3N2O5S. The molecule has 0 aliphatic rings. The van der Waals surface area contributed by atoms with Crippen LogP contribution in [0.25, 0.3) is 0 Å². The van der Waals surface area contributed by atoms with Gasteiger partial charge in [0.25, 0.3) is 5.91 Å². The molecule has 0 radical (unpaired) electrons. The molecule has 2 rings (SSSR count). The number of nitrogens with one attached hydrogen (secondary N) is 1. The van der Waals surface area contributed by atoms with Crippen LogP contribution in [0.5, 0.6) is 5.75 Å². The minimum atomic E-state index is -4.54. The highest BCUT2D eigenvalue weighted by atomic mass is 32.2. The first-order valence-corrected chi connectivity index (χ1v) is 10.4. The molecule has 0 aliphatic carbocycles. The van der Waals surface area contributed by atoms with Gasteiger partial charge in [-0.2, -0.15) is 17.5 Å². The van der Waals surface area contributed by atoms with Crippen molar-refractivity contribution in [2.45, 2.75) is 43.4 Å². The summed E-state index contributed by atoms with van der Waals surface area (Å²) in [7, 11) is -4.30. The van der Waals surface area contributed by atoms with E-state index >= 15 is 0 Å². The molecule has 0 bridgehead atoms. The molecule has 11 heteroatoms. The zero-order valence-corrected chi connectivity index (χ0v) is 16.7. The first-order chi connectivity index (χ1) is 14.0. The van der Waals surface area contributed by atoms with Crippen LogP contribution in [-0.2, 0) is 27.5 Å². The van der Waals surface area contributed by atoms with Gasteiger partial charge in [-0.15, -0.1) is 0 Å². The third-order valence-corrected chi connectivity index (χ3v) is 6.25. The van der Waals surface area contributed by atoms with Gasteiger partial charge in [0.1, 0.15) is 11.8 Å². The van der Waals surface area contributed by atoms with E-state index in [1.807, 2.05) is 0 Å². The fraction of sp³-hybridized carbons (Fsp3) is 0.316. The maximum absolute atomic E-state index is 13.2. The SMILES string of the molecule is CCC[C@H](C(=O)NO)N(Cc1ccc(C(F)(F)F)cc1)S(=O)(=O)c1ccc(O)cc1. The topological polar surface area (TPSA) is 107 Å². The van der Waals surface area contributed by atoms with E-state index in [9.17, 15) is 31.5 Å². The van der Waals surface area contributed by atoms with Crippen molar-refractivity contribution in [2.24, 2.45) is 0 Å². The maximum atomic E-state index is 13.2. The molecule has 0 aliphatic heterocycles. The van der Waals surface area contributed by atoms with Gasteiger partial charge < -0.3 is 5.11 Å². The Morgan fingerprint density at radius 1 is 1.10 bits per heavy atom. The lowest BCUT2D eigenvalue weighted by molar-refractivity contribution is -0.137. The molecule has 3 N–H and O–H groups in total. The van der Waals surface area contributed by atoms with E-state index in [0.717, 1.165) is 52.8 Å². The van der Waals surface area contributed by atoms with E-state index in [1.54, 1.807) is 6.92 Å². The highest BCUT2D eigenvalue weighted by Crippen LogP contribution is 2.30. The van der Waals surface area contributed by atoms with Crippen LogP contribution in [0, 0.1) is 0 Å². The lowest BCUT2D eigenvalue weighted by atomic mass is 10.1. The highest BCUT2D eigenvalue weighted by molar-refractivity contribution is 7.89. The fourth-order valence-corrected chi connectivity index (χ4v) is 4.46. The summed E-state index contributed by atoms with van der Waals surface area (Å²) in [5.74, 6) is -1.13. The van der Waals surface area contributed by atoms with Crippen LogP contribution in [0.15, 0.2) is 53.4 Å². The second-order valence-corrected chi connectivity index (χ2v) is 8.41. The number of rotatable bonds is 8. The molecule has 0 spiro atoms. The number of hydrogen-bond acceptors (Lipinski definition) is 5. The third kappa shape index (κ3) is 5.49. The van der Waals surface area contributed by atoms with E-state index < -0.39 is 40.3 Å². The first-order valence-electron chi connectivity index (χ1n) is 8.91. The molecule has 2 aromatic carbocycles.